The minimum atomic E-state index is 0.561. The number of benzene rings is 1. The van der Waals surface area contributed by atoms with Gasteiger partial charge in [0.25, 0.3) is 0 Å². The van der Waals surface area contributed by atoms with Gasteiger partial charge < -0.3 is 15.0 Å². The maximum absolute atomic E-state index is 5.42. The normalized spacial score (nSPS) is 21.4. The van der Waals surface area contributed by atoms with Crippen LogP contribution in [0.25, 0.3) is 0 Å². The van der Waals surface area contributed by atoms with Crippen LogP contribution in [0.1, 0.15) is 24.8 Å². The highest BCUT2D eigenvalue weighted by atomic mass is 16.5. The van der Waals surface area contributed by atoms with E-state index in [0.717, 1.165) is 11.4 Å². The van der Waals surface area contributed by atoms with Crippen molar-refractivity contribution in [1.29, 1.82) is 0 Å². The van der Waals surface area contributed by atoms with E-state index in [1.54, 1.807) is 7.11 Å². The predicted octanol–water partition coefficient (Wildman–Crippen LogP) is 2.90. The van der Waals surface area contributed by atoms with Gasteiger partial charge in [0.15, 0.2) is 0 Å². The summed E-state index contributed by atoms with van der Waals surface area (Å²) in [6.07, 6.45) is 3.71. The van der Waals surface area contributed by atoms with Crippen molar-refractivity contribution < 1.29 is 4.74 Å². The number of ether oxygens (including phenoxy) is 1. The summed E-state index contributed by atoms with van der Waals surface area (Å²) in [7, 11) is 3.94. The molecule has 1 unspecified atom stereocenters. The fourth-order valence-corrected chi connectivity index (χ4v) is 2.54. The number of methoxy groups -OCH3 is 1. The Morgan fingerprint density at radius 1 is 1.28 bits per heavy atom. The van der Waals surface area contributed by atoms with Crippen LogP contribution in [0.4, 0.5) is 5.69 Å². The van der Waals surface area contributed by atoms with Crippen molar-refractivity contribution in [3.63, 3.8) is 0 Å². The molecule has 1 atom stereocenters. The maximum atomic E-state index is 5.42. The third-order valence-corrected chi connectivity index (χ3v) is 3.67. The van der Waals surface area contributed by atoms with Crippen molar-refractivity contribution in [2.75, 3.05) is 32.6 Å². The minimum absolute atomic E-state index is 0.561. The Bertz CT molecular complexity index is 392. The summed E-state index contributed by atoms with van der Waals surface area (Å²) in [5, 5.41) is 3.65. The van der Waals surface area contributed by atoms with E-state index in [4.69, 9.17) is 4.74 Å². The molecule has 18 heavy (non-hydrogen) atoms. The lowest BCUT2D eigenvalue weighted by atomic mass is 10.1. The van der Waals surface area contributed by atoms with Crippen LogP contribution in [0.2, 0.25) is 0 Å². The van der Waals surface area contributed by atoms with E-state index >= 15 is 0 Å². The highest BCUT2D eigenvalue weighted by Gasteiger charge is 2.15. The lowest BCUT2D eigenvalue weighted by molar-refractivity contribution is 0.348. The van der Waals surface area contributed by atoms with Gasteiger partial charge in [-0.2, -0.15) is 0 Å². The summed E-state index contributed by atoms with van der Waals surface area (Å²) in [6, 6.07) is 6.87. The molecule has 1 aromatic rings. The van der Waals surface area contributed by atoms with Crippen LogP contribution in [-0.2, 0) is 0 Å². The van der Waals surface area contributed by atoms with E-state index in [2.05, 4.69) is 36.3 Å². The third kappa shape index (κ3) is 3.39. The van der Waals surface area contributed by atoms with Crippen molar-refractivity contribution in [3.05, 3.63) is 23.8 Å². The number of anilines is 1. The van der Waals surface area contributed by atoms with Gasteiger partial charge in [-0.25, -0.2) is 0 Å². The first kappa shape index (κ1) is 13.2. The molecule has 0 amide bonds. The molecule has 0 aromatic heterocycles. The highest BCUT2D eigenvalue weighted by molar-refractivity contribution is 5.58. The SMILES string of the molecule is COc1ccc(C)cc1NC1CCCN(C)CC1. The van der Waals surface area contributed by atoms with Gasteiger partial charge in [-0.05, 0) is 64.0 Å². The zero-order valence-electron chi connectivity index (χ0n) is 11.7. The number of likely N-dealkylation sites (tertiary alicyclic amines) is 1. The Balaban J connectivity index is 2.05. The third-order valence-electron chi connectivity index (χ3n) is 3.67. The molecular weight excluding hydrogens is 224 g/mol. The summed E-state index contributed by atoms with van der Waals surface area (Å²) in [4.78, 5) is 2.41. The topological polar surface area (TPSA) is 24.5 Å². The molecule has 1 saturated heterocycles. The Morgan fingerprint density at radius 2 is 2.11 bits per heavy atom. The van der Waals surface area contributed by atoms with E-state index in [1.165, 1.54) is 37.9 Å². The zero-order valence-corrected chi connectivity index (χ0v) is 11.7. The van der Waals surface area contributed by atoms with Crippen molar-refractivity contribution in [3.8, 4) is 5.75 Å². The standard InChI is InChI=1S/C15H24N2O/c1-12-6-7-15(18-3)14(11-12)16-13-5-4-9-17(2)10-8-13/h6-7,11,13,16H,4-5,8-10H2,1-3H3. The number of hydrogen-bond acceptors (Lipinski definition) is 3. The van der Waals surface area contributed by atoms with Gasteiger partial charge in [0.05, 0.1) is 12.8 Å². The van der Waals surface area contributed by atoms with Gasteiger partial charge >= 0.3 is 0 Å². The molecule has 100 valence electrons. The van der Waals surface area contributed by atoms with E-state index in [0.29, 0.717) is 6.04 Å². The first-order valence-corrected chi connectivity index (χ1v) is 6.79. The van der Waals surface area contributed by atoms with Gasteiger partial charge in [-0.3, -0.25) is 0 Å². The summed E-state index contributed by atoms with van der Waals surface area (Å²) in [6.45, 7) is 4.50. The van der Waals surface area contributed by atoms with Crippen LogP contribution in [0, 0.1) is 6.92 Å². The zero-order chi connectivity index (χ0) is 13.0. The molecule has 2 rings (SSSR count). The second kappa shape index (κ2) is 6.10. The molecule has 1 heterocycles. The van der Waals surface area contributed by atoms with Crippen molar-refractivity contribution in [2.24, 2.45) is 0 Å². The van der Waals surface area contributed by atoms with Gasteiger partial charge in [0.1, 0.15) is 5.75 Å². The summed E-state index contributed by atoms with van der Waals surface area (Å²) in [5.41, 5.74) is 2.40. The molecule has 0 bridgehead atoms. The molecule has 0 spiro atoms. The van der Waals surface area contributed by atoms with E-state index in [-0.39, 0.29) is 0 Å². The van der Waals surface area contributed by atoms with Crippen LogP contribution in [0.15, 0.2) is 18.2 Å². The fraction of sp³-hybridized carbons (Fsp3) is 0.600. The molecule has 1 aliphatic heterocycles. The molecule has 1 fully saturated rings. The lowest BCUT2D eigenvalue weighted by Gasteiger charge is -2.20. The molecule has 0 radical (unpaired) electrons. The molecule has 3 nitrogen and oxygen atoms in total. The van der Waals surface area contributed by atoms with Crippen LogP contribution in [0.3, 0.4) is 0 Å². The summed E-state index contributed by atoms with van der Waals surface area (Å²) in [5.74, 6) is 0.943. The van der Waals surface area contributed by atoms with Gasteiger partial charge in [-0.1, -0.05) is 6.07 Å². The number of rotatable bonds is 3. The number of nitrogens with zero attached hydrogens (tertiary/aromatic N) is 1. The Kier molecular flexibility index (Phi) is 4.48. The molecule has 1 N–H and O–H groups in total. The monoisotopic (exact) mass is 248 g/mol. The largest absolute Gasteiger partial charge is 0.495 e. The number of aryl methyl sites for hydroxylation is 1. The minimum Gasteiger partial charge on any atom is -0.495 e. The van der Waals surface area contributed by atoms with Crippen molar-refractivity contribution in [1.82, 2.24) is 4.90 Å². The second-order valence-electron chi connectivity index (χ2n) is 5.28. The molecule has 1 aliphatic rings. The van der Waals surface area contributed by atoms with Crippen LogP contribution in [0.5, 0.6) is 5.75 Å². The van der Waals surface area contributed by atoms with Crippen LogP contribution in [-0.4, -0.2) is 38.2 Å². The first-order valence-electron chi connectivity index (χ1n) is 6.79. The Hall–Kier alpha value is -1.22. The Morgan fingerprint density at radius 3 is 2.89 bits per heavy atom. The average Bonchev–Trinajstić information content (AvgIpc) is 2.55. The molecule has 1 aromatic carbocycles. The predicted molar refractivity (Wildman–Crippen MR) is 76.5 cm³/mol. The quantitative estimate of drug-likeness (QED) is 0.890. The highest BCUT2D eigenvalue weighted by Crippen LogP contribution is 2.27. The molecule has 0 aliphatic carbocycles. The Labute approximate surface area is 110 Å². The van der Waals surface area contributed by atoms with Gasteiger partial charge in [0.2, 0.25) is 0 Å². The summed E-state index contributed by atoms with van der Waals surface area (Å²) < 4.78 is 5.42. The molecule has 0 saturated carbocycles. The lowest BCUT2D eigenvalue weighted by Crippen LogP contribution is -2.23. The number of hydrogen-bond donors (Lipinski definition) is 1. The molecular formula is C15H24N2O. The van der Waals surface area contributed by atoms with Crippen LogP contribution < -0.4 is 10.1 Å². The van der Waals surface area contributed by atoms with Crippen molar-refractivity contribution >= 4 is 5.69 Å². The molecule has 3 heteroatoms. The van der Waals surface area contributed by atoms with Crippen molar-refractivity contribution in [2.45, 2.75) is 32.2 Å². The summed E-state index contributed by atoms with van der Waals surface area (Å²) >= 11 is 0. The second-order valence-corrected chi connectivity index (χ2v) is 5.28. The van der Waals surface area contributed by atoms with E-state index in [9.17, 15) is 0 Å². The van der Waals surface area contributed by atoms with Crippen LogP contribution >= 0.6 is 0 Å². The van der Waals surface area contributed by atoms with E-state index in [1.807, 2.05) is 6.07 Å². The fourth-order valence-electron chi connectivity index (χ4n) is 2.54. The van der Waals surface area contributed by atoms with Gasteiger partial charge in [-0.15, -0.1) is 0 Å². The maximum Gasteiger partial charge on any atom is 0.141 e. The average molecular weight is 248 g/mol. The number of nitrogens with one attached hydrogen (secondary N) is 1. The first-order chi connectivity index (χ1) is 8.69. The van der Waals surface area contributed by atoms with E-state index < -0.39 is 0 Å². The smallest absolute Gasteiger partial charge is 0.141 e. The van der Waals surface area contributed by atoms with Gasteiger partial charge in [0, 0.05) is 6.04 Å².